The van der Waals surface area contributed by atoms with Crippen LogP contribution < -0.4 is 5.32 Å². The number of amides is 1. The average Bonchev–Trinajstić information content (AvgIpc) is 2.77. The van der Waals surface area contributed by atoms with Gasteiger partial charge in [0.25, 0.3) is 5.91 Å². The summed E-state index contributed by atoms with van der Waals surface area (Å²) in [4.78, 5) is 20.8. The van der Waals surface area contributed by atoms with Gasteiger partial charge in [-0.1, -0.05) is 12.1 Å². The lowest BCUT2D eigenvalue weighted by atomic mass is 9.95. The van der Waals surface area contributed by atoms with E-state index in [1.807, 2.05) is 50.5 Å². The third-order valence-electron chi connectivity index (χ3n) is 5.39. The summed E-state index contributed by atoms with van der Waals surface area (Å²) in [5.74, 6) is 0.302. The number of carbonyl (C=O) groups is 1. The van der Waals surface area contributed by atoms with Crippen LogP contribution in [0.25, 0.3) is 5.57 Å². The van der Waals surface area contributed by atoms with Gasteiger partial charge in [0, 0.05) is 38.1 Å². The highest BCUT2D eigenvalue weighted by molar-refractivity contribution is 6.04. The predicted molar refractivity (Wildman–Crippen MR) is 116 cm³/mol. The number of benzene rings is 1. The molecule has 1 saturated heterocycles. The number of pyridine rings is 1. The number of hydrogen-bond donors (Lipinski definition) is 2. The van der Waals surface area contributed by atoms with Crippen LogP contribution in [0.3, 0.4) is 0 Å². The number of nitrogens with one attached hydrogen (secondary N) is 1. The van der Waals surface area contributed by atoms with Gasteiger partial charge < -0.3 is 25.0 Å². The van der Waals surface area contributed by atoms with Crippen molar-refractivity contribution >= 4 is 17.3 Å². The van der Waals surface area contributed by atoms with Crippen LogP contribution in [-0.2, 0) is 4.74 Å². The first-order chi connectivity index (χ1) is 14.5. The fourth-order valence-corrected chi connectivity index (χ4v) is 3.69. The number of nitrogens with zero attached hydrogens (tertiary/aromatic N) is 3. The van der Waals surface area contributed by atoms with Crippen LogP contribution in [0.15, 0.2) is 60.6 Å². The summed E-state index contributed by atoms with van der Waals surface area (Å²) in [7, 11) is 1.85. The van der Waals surface area contributed by atoms with Crippen molar-refractivity contribution in [1.82, 2.24) is 14.8 Å². The molecule has 156 valence electrons. The minimum Gasteiger partial charge on any atom is -0.378 e. The third-order valence-corrected chi connectivity index (χ3v) is 5.39. The number of allylic oxidation sites excluding steroid dienone is 2. The van der Waals surface area contributed by atoms with Gasteiger partial charge in [-0.25, -0.2) is 4.98 Å². The number of ether oxygens (including phenoxy) is 1. The van der Waals surface area contributed by atoms with Crippen LogP contribution in [0.5, 0.6) is 0 Å². The minimum atomic E-state index is -0.706. The van der Waals surface area contributed by atoms with Crippen LogP contribution in [0.4, 0.5) is 5.82 Å². The number of aliphatic hydroxyl groups is 1. The first-order valence-corrected chi connectivity index (χ1v) is 10.0. The zero-order chi connectivity index (χ0) is 21.1. The molecule has 0 spiro atoms. The number of hydrogen-bond acceptors (Lipinski definition) is 6. The van der Waals surface area contributed by atoms with Crippen molar-refractivity contribution in [3.05, 3.63) is 77.3 Å². The largest absolute Gasteiger partial charge is 0.378 e. The molecule has 2 aliphatic rings. The van der Waals surface area contributed by atoms with E-state index in [4.69, 9.17) is 4.74 Å². The van der Waals surface area contributed by atoms with Crippen molar-refractivity contribution in [3.63, 3.8) is 0 Å². The summed E-state index contributed by atoms with van der Waals surface area (Å²) in [6, 6.07) is 11.0. The molecular weight excluding hydrogens is 380 g/mol. The van der Waals surface area contributed by atoms with Gasteiger partial charge in [0.05, 0.1) is 18.9 Å². The van der Waals surface area contributed by atoms with E-state index in [1.54, 1.807) is 23.2 Å². The van der Waals surface area contributed by atoms with Gasteiger partial charge in [-0.15, -0.1) is 0 Å². The highest BCUT2D eigenvalue weighted by atomic mass is 16.5. The van der Waals surface area contributed by atoms with E-state index in [0.717, 1.165) is 35.5 Å². The average molecular weight is 406 g/mol. The van der Waals surface area contributed by atoms with E-state index in [9.17, 15) is 9.90 Å². The Hall–Kier alpha value is -3.16. The van der Waals surface area contributed by atoms with E-state index in [1.165, 1.54) is 0 Å². The molecule has 7 nitrogen and oxygen atoms in total. The molecule has 0 saturated carbocycles. The van der Waals surface area contributed by atoms with Crippen LogP contribution in [0.1, 0.15) is 21.5 Å². The molecule has 3 heterocycles. The first-order valence-electron chi connectivity index (χ1n) is 10.0. The molecule has 7 heteroatoms. The Morgan fingerprint density at radius 1 is 1.23 bits per heavy atom. The molecule has 1 unspecified atom stereocenters. The van der Waals surface area contributed by atoms with E-state index >= 15 is 0 Å². The summed E-state index contributed by atoms with van der Waals surface area (Å²) >= 11 is 0. The van der Waals surface area contributed by atoms with Crippen LogP contribution in [0.2, 0.25) is 0 Å². The summed E-state index contributed by atoms with van der Waals surface area (Å²) in [6.45, 7) is 4.80. The molecule has 2 N–H and O–H groups in total. The standard InChI is InChI=1S/C23H26N4O3/c1-16-6-7-17(22(28)25-21-5-3-4-8-24-21)13-19(16)18-14-20(23(29)26(2)15-18)27-9-11-30-12-10-27/h3-8,13-15,23,29H,9-12H2,1-2H3,(H,24,25,28). The lowest BCUT2D eigenvalue weighted by molar-refractivity contribution is 0.0128. The van der Waals surface area contributed by atoms with Gasteiger partial charge >= 0.3 is 0 Å². The van der Waals surface area contributed by atoms with E-state index < -0.39 is 6.23 Å². The molecule has 0 radical (unpaired) electrons. The normalized spacial score (nSPS) is 19.2. The summed E-state index contributed by atoms with van der Waals surface area (Å²) < 4.78 is 5.45. The summed E-state index contributed by atoms with van der Waals surface area (Å²) in [6.07, 6.45) is 4.86. The second-order valence-electron chi connectivity index (χ2n) is 7.49. The van der Waals surface area contributed by atoms with E-state index in [0.29, 0.717) is 24.6 Å². The van der Waals surface area contributed by atoms with E-state index in [-0.39, 0.29) is 5.91 Å². The second kappa shape index (κ2) is 8.69. The number of aromatic nitrogens is 1. The maximum Gasteiger partial charge on any atom is 0.256 e. The number of rotatable bonds is 4. The number of carbonyl (C=O) groups excluding carboxylic acids is 1. The van der Waals surface area contributed by atoms with Crippen molar-refractivity contribution in [1.29, 1.82) is 0 Å². The van der Waals surface area contributed by atoms with Crippen molar-refractivity contribution in [2.45, 2.75) is 13.2 Å². The molecule has 1 atom stereocenters. The van der Waals surface area contributed by atoms with Gasteiger partial charge in [0.1, 0.15) is 5.82 Å². The fraction of sp³-hybridized carbons (Fsp3) is 0.304. The molecule has 1 aromatic heterocycles. The highest BCUT2D eigenvalue weighted by Crippen LogP contribution is 2.30. The molecule has 1 amide bonds. The van der Waals surface area contributed by atoms with Crippen molar-refractivity contribution in [2.75, 3.05) is 38.7 Å². The van der Waals surface area contributed by atoms with Crippen LogP contribution >= 0.6 is 0 Å². The Balaban J connectivity index is 1.64. The second-order valence-corrected chi connectivity index (χ2v) is 7.49. The topological polar surface area (TPSA) is 77.9 Å². The summed E-state index contributed by atoms with van der Waals surface area (Å²) in [5.41, 5.74) is 4.36. The van der Waals surface area contributed by atoms with Crippen LogP contribution in [0, 0.1) is 6.92 Å². The van der Waals surface area contributed by atoms with Crippen molar-refractivity contribution in [2.24, 2.45) is 0 Å². The summed E-state index contributed by atoms with van der Waals surface area (Å²) in [5, 5.41) is 13.5. The molecule has 2 aliphatic heterocycles. The fourth-order valence-electron chi connectivity index (χ4n) is 3.69. The molecule has 0 aliphatic carbocycles. The molecular formula is C23H26N4O3. The predicted octanol–water partition coefficient (Wildman–Crippen LogP) is 2.46. The molecule has 2 aromatic rings. The van der Waals surface area contributed by atoms with Crippen molar-refractivity contribution in [3.8, 4) is 0 Å². The monoisotopic (exact) mass is 406 g/mol. The molecule has 0 bridgehead atoms. The third kappa shape index (κ3) is 4.22. The lowest BCUT2D eigenvalue weighted by Crippen LogP contribution is -2.44. The van der Waals surface area contributed by atoms with Gasteiger partial charge in [0.2, 0.25) is 0 Å². The highest BCUT2D eigenvalue weighted by Gasteiger charge is 2.26. The van der Waals surface area contributed by atoms with Gasteiger partial charge in [-0.3, -0.25) is 4.79 Å². The van der Waals surface area contributed by atoms with Gasteiger partial charge in [-0.05, 0) is 54.0 Å². The quantitative estimate of drug-likeness (QED) is 0.812. The zero-order valence-corrected chi connectivity index (χ0v) is 17.2. The number of aryl methyl sites for hydroxylation is 1. The SMILES string of the molecule is Cc1ccc(C(=O)Nc2ccccn2)cc1C1=CN(C)C(O)C(N2CCOCC2)=C1. The first kappa shape index (κ1) is 20.1. The maximum absolute atomic E-state index is 12.7. The molecule has 1 aromatic carbocycles. The Kier molecular flexibility index (Phi) is 5.83. The minimum absolute atomic E-state index is 0.211. The van der Waals surface area contributed by atoms with Crippen LogP contribution in [-0.4, -0.2) is 65.4 Å². The van der Waals surface area contributed by atoms with Crippen molar-refractivity contribution < 1.29 is 14.6 Å². The molecule has 1 fully saturated rings. The van der Waals surface area contributed by atoms with Gasteiger partial charge in [-0.2, -0.15) is 0 Å². The lowest BCUT2D eigenvalue weighted by Gasteiger charge is -2.38. The molecule has 4 rings (SSSR count). The Labute approximate surface area is 176 Å². The number of aliphatic hydroxyl groups excluding tert-OH is 1. The maximum atomic E-state index is 12.7. The molecule has 30 heavy (non-hydrogen) atoms. The Morgan fingerprint density at radius 2 is 2.03 bits per heavy atom. The number of likely N-dealkylation sites (N-methyl/N-ethyl adjacent to an activating group) is 1. The van der Waals surface area contributed by atoms with Gasteiger partial charge in [0.15, 0.2) is 6.23 Å². The Morgan fingerprint density at radius 3 is 2.77 bits per heavy atom. The zero-order valence-electron chi connectivity index (χ0n) is 17.2. The number of anilines is 1. The number of morpholine rings is 1. The Bertz CT molecular complexity index is 981. The van der Waals surface area contributed by atoms with E-state index in [2.05, 4.69) is 15.2 Å². The smallest absolute Gasteiger partial charge is 0.256 e.